The van der Waals surface area contributed by atoms with Crippen LogP contribution in [-0.4, -0.2) is 45.7 Å². The van der Waals surface area contributed by atoms with Gasteiger partial charge in [0.15, 0.2) is 23.2 Å². The molecular formula is C26H30ClF2N5O3. The van der Waals surface area contributed by atoms with Gasteiger partial charge < -0.3 is 19.5 Å². The fourth-order valence-corrected chi connectivity index (χ4v) is 4.36. The zero-order chi connectivity index (χ0) is 26.9. The lowest BCUT2D eigenvalue weighted by Crippen LogP contribution is -2.40. The molecule has 1 saturated heterocycles. The van der Waals surface area contributed by atoms with Gasteiger partial charge in [-0.05, 0) is 51.8 Å². The lowest BCUT2D eigenvalue weighted by Gasteiger charge is -2.34. The number of hydrogen-bond acceptors (Lipinski definition) is 7. The second kappa shape index (κ2) is 10.6. The summed E-state index contributed by atoms with van der Waals surface area (Å²) in [5.74, 6) is -0.355. The van der Waals surface area contributed by atoms with Crippen LogP contribution < -0.4 is 20.5 Å². The lowest BCUT2D eigenvalue weighted by atomic mass is 9.96. The van der Waals surface area contributed by atoms with Crippen molar-refractivity contribution in [3.63, 3.8) is 0 Å². The molecule has 0 spiro atoms. The first kappa shape index (κ1) is 26.8. The van der Waals surface area contributed by atoms with Crippen molar-refractivity contribution in [2.45, 2.75) is 58.7 Å². The number of piperidine rings is 1. The van der Waals surface area contributed by atoms with Gasteiger partial charge in [-0.2, -0.15) is 4.98 Å². The van der Waals surface area contributed by atoms with Crippen LogP contribution in [0.5, 0.6) is 5.75 Å². The minimum Gasteiger partial charge on any atom is -0.480 e. The number of pyridine rings is 1. The molecule has 8 nitrogen and oxygen atoms in total. The number of ether oxygens (including phenoxy) is 1. The molecule has 0 radical (unpaired) electrons. The maximum Gasteiger partial charge on any atom is 0.293 e. The lowest BCUT2D eigenvalue weighted by molar-refractivity contribution is -0.120. The maximum absolute atomic E-state index is 15.8. The normalized spacial score (nSPS) is 15.3. The monoisotopic (exact) mass is 533 g/mol. The van der Waals surface area contributed by atoms with Crippen LogP contribution in [0.15, 0.2) is 29.2 Å². The highest BCUT2D eigenvalue weighted by molar-refractivity contribution is 6.32. The van der Waals surface area contributed by atoms with Crippen LogP contribution in [0, 0.1) is 5.82 Å². The number of hydrogen-bond donors (Lipinski definition) is 1. The molecule has 11 heteroatoms. The number of nitrogens with zero attached hydrogens (tertiary/aromatic N) is 4. The van der Waals surface area contributed by atoms with Gasteiger partial charge in [-0.25, -0.2) is 13.8 Å². The summed E-state index contributed by atoms with van der Waals surface area (Å²) in [5, 5.41) is 3.25. The number of anilines is 3. The SMILES string of the molecule is CCC(=O)COc1cc2c(F)c(Nc3nc(N4CCC(C)(F)CC4)ncc3Cl)ccc2n(C(C)C)c1=O. The number of nitrogens with one attached hydrogen (secondary N) is 1. The van der Waals surface area contributed by atoms with Crippen LogP contribution in [0.4, 0.5) is 26.2 Å². The number of rotatable bonds is 8. The van der Waals surface area contributed by atoms with Gasteiger partial charge in [0.2, 0.25) is 5.95 Å². The fraction of sp³-hybridized carbons (Fsp3) is 0.462. The number of aromatic nitrogens is 3. The van der Waals surface area contributed by atoms with Gasteiger partial charge in [0, 0.05) is 30.9 Å². The third-order valence-corrected chi connectivity index (χ3v) is 6.77. The van der Waals surface area contributed by atoms with E-state index in [9.17, 15) is 14.0 Å². The summed E-state index contributed by atoms with van der Waals surface area (Å²) in [7, 11) is 0. The standard InChI is InChI=1S/C26H30ClF2N5O3/c1-5-16(35)14-37-21-12-17-20(34(15(2)3)24(21)36)7-6-19(22(17)28)31-23-18(27)13-30-25(32-23)33-10-8-26(4,29)9-11-33/h6-7,12-13,15H,5,8-11,14H2,1-4H3,(H,30,31,32). The van der Waals surface area contributed by atoms with E-state index in [0.717, 1.165) is 0 Å². The van der Waals surface area contributed by atoms with Gasteiger partial charge in [0.25, 0.3) is 5.56 Å². The van der Waals surface area contributed by atoms with Crippen molar-refractivity contribution < 1.29 is 18.3 Å². The molecule has 1 aliphatic rings. The maximum atomic E-state index is 15.8. The molecule has 0 saturated carbocycles. The zero-order valence-electron chi connectivity index (χ0n) is 21.3. The molecule has 0 unspecified atom stereocenters. The van der Waals surface area contributed by atoms with Crippen LogP contribution in [0.2, 0.25) is 5.02 Å². The Bertz CT molecular complexity index is 1380. The molecule has 3 aromatic rings. The zero-order valence-corrected chi connectivity index (χ0v) is 22.0. The van der Waals surface area contributed by atoms with Crippen molar-refractivity contribution in [3.05, 3.63) is 45.6 Å². The van der Waals surface area contributed by atoms with Crippen molar-refractivity contribution in [1.29, 1.82) is 0 Å². The van der Waals surface area contributed by atoms with Crippen LogP contribution in [0.25, 0.3) is 10.9 Å². The van der Waals surface area contributed by atoms with E-state index in [2.05, 4.69) is 15.3 Å². The summed E-state index contributed by atoms with van der Waals surface area (Å²) in [4.78, 5) is 35.3. The minimum absolute atomic E-state index is 0.0820. The predicted octanol–water partition coefficient (Wildman–Crippen LogP) is 5.59. The molecule has 37 heavy (non-hydrogen) atoms. The third-order valence-electron chi connectivity index (χ3n) is 6.49. The highest BCUT2D eigenvalue weighted by atomic mass is 35.5. The van der Waals surface area contributed by atoms with Gasteiger partial charge in [0.05, 0.1) is 17.4 Å². The molecule has 2 aromatic heterocycles. The Balaban J connectivity index is 1.70. The quantitative estimate of drug-likeness (QED) is 0.403. The third kappa shape index (κ3) is 5.69. The number of carbonyl (C=O) groups is 1. The molecule has 1 fully saturated rings. The molecule has 1 aromatic carbocycles. The van der Waals surface area contributed by atoms with Crippen molar-refractivity contribution in [2.24, 2.45) is 0 Å². The highest BCUT2D eigenvalue weighted by Gasteiger charge is 2.30. The Labute approximate surface area is 218 Å². The summed E-state index contributed by atoms with van der Waals surface area (Å²) in [6.45, 7) is 7.53. The summed E-state index contributed by atoms with van der Waals surface area (Å²) in [5.41, 5.74) is -1.20. The average molecular weight is 534 g/mol. The van der Waals surface area contributed by atoms with E-state index < -0.39 is 17.0 Å². The number of halogens is 3. The van der Waals surface area contributed by atoms with E-state index in [1.54, 1.807) is 33.8 Å². The molecule has 198 valence electrons. The molecule has 1 N–H and O–H groups in total. The Morgan fingerprint density at radius 2 is 2.00 bits per heavy atom. The molecule has 0 atom stereocenters. The Hall–Kier alpha value is -3.27. The van der Waals surface area contributed by atoms with Crippen LogP contribution >= 0.6 is 11.6 Å². The summed E-state index contributed by atoms with van der Waals surface area (Å²) in [6.07, 6.45) is 2.39. The molecule has 3 heterocycles. The van der Waals surface area contributed by atoms with E-state index >= 15 is 4.39 Å². The molecule has 0 amide bonds. The molecule has 1 aliphatic heterocycles. The van der Waals surface area contributed by atoms with Crippen LogP contribution in [0.1, 0.15) is 53.0 Å². The Kier molecular flexibility index (Phi) is 7.68. The number of carbonyl (C=O) groups excluding carboxylic acids is 1. The summed E-state index contributed by atoms with van der Waals surface area (Å²) >= 11 is 6.31. The second-order valence-electron chi connectivity index (χ2n) is 9.71. The number of ketones is 1. The average Bonchev–Trinajstić information content (AvgIpc) is 2.85. The topological polar surface area (TPSA) is 89.3 Å². The number of fused-ring (bicyclic) bond motifs is 1. The van der Waals surface area contributed by atoms with E-state index in [0.29, 0.717) is 37.4 Å². The first-order valence-electron chi connectivity index (χ1n) is 12.3. The largest absolute Gasteiger partial charge is 0.480 e. The Morgan fingerprint density at radius 3 is 2.65 bits per heavy atom. The molecular weight excluding hydrogens is 504 g/mol. The molecule has 0 bridgehead atoms. The van der Waals surface area contributed by atoms with Crippen molar-refractivity contribution in [3.8, 4) is 5.75 Å². The fourth-order valence-electron chi connectivity index (χ4n) is 4.22. The van der Waals surface area contributed by atoms with E-state index in [1.165, 1.54) is 22.9 Å². The number of benzene rings is 1. The van der Waals surface area contributed by atoms with Crippen molar-refractivity contribution >= 4 is 45.7 Å². The summed E-state index contributed by atoms with van der Waals surface area (Å²) in [6, 6.07) is 4.17. The van der Waals surface area contributed by atoms with Gasteiger partial charge >= 0.3 is 0 Å². The smallest absolute Gasteiger partial charge is 0.293 e. The van der Waals surface area contributed by atoms with Gasteiger partial charge in [-0.15, -0.1) is 0 Å². The number of alkyl halides is 1. The predicted molar refractivity (Wildman–Crippen MR) is 141 cm³/mol. The summed E-state index contributed by atoms with van der Waals surface area (Å²) < 4.78 is 36.9. The van der Waals surface area contributed by atoms with Crippen molar-refractivity contribution in [1.82, 2.24) is 14.5 Å². The molecule has 0 aliphatic carbocycles. The van der Waals surface area contributed by atoms with Crippen LogP contribution in [-0.2, 0) is 4.79 Å². The van der Waals surface area contributed by atoms with Gasteiger partial charge in [-0.3, -0.25) is 9.59 Å². The first-order chi connectivity index (χ1) is 17.5. The minimum atomic E-state index is -1.22. The van der Waals surface area contributed by atoms with E-state index in [4.69, 9.17) is 16.3 Å². The highest BCUT2D eigenvalue weighted by Crippen LogP contribution is 2.33. The number of Topliss-reactive ketones (excluding diaryl/α,β-unsaturated/α-hetero) is 1. The van der Waals surface area contributed by atoms with Gasteiger partial charge in [0.1, 0.15) is 17.3 Å². The van der Waals surface area contributed by atoms with E-state index in [-0.39, 0.29) is 52.5 Å². The van der Waals surface area contributed by atoms with Crippen molar-refractivity contribution in [2.75, 3.05) is 29.9 Å². The first-order valence-corrected chi connectivity index (χ1v) is 12.6. The Morgan fingerprint density at radius 1 is 1.30 bits per heavy atom. The second-order valence-corrected chi connectivity index (χ2v) is 10.1. The van der Waals surface area contributed by atoms with Gasteiger partial charge in [-0.1, -0.05) is 18.5 Å². The molecule has 4 rings (SSSR count). The van der Waals surface area contributed by atoms with E-state index in [1.807, 2.05) is 4.90 Å². The van der Waals surface area contributed by atoms with Crippen LogP contribution in [0.3, 0.4) is 0 Å².